The summed E-state index contributed by atoms with van der Waals surface area (Å²) in [7, 11) is 0. The quantitative estimate of drug-likeness (QED) is 0.0699. The molecule has 0 saturated carbocycles. The van der Waals surface area contributed by atoms with Gasteiger partial charge < -0.3 is 47.9 Å². The van der Waals surface area contributed by atoms with Crippen molar-refractivity contribution in [1.82, 2.24) is 20.4 Å². The van der Waals surface area contributed by atoms with Crippen LogP contribution < -0.4 is 28.3 Å². The number of urea groups is 1. The van der Waals surface area contributed by atoms with Crippen LogP contribution in [0.25, 0.3) is 0 Å². The first-order valence-corrected chi connectivity index (χ1v) is 10.1. The summed E-state index contributed by atoms with van der Waals surface area (Å²) in [6.45, 7) is 0.780. The Hall–Kier alpha value is -2.97. The van der Waals surface area contributed by atoms with Gasteiger partial charge in [-0.3, -0.25) is 4.99 Å². The highest BCUT2D eigenvalue weighted by molar-refractivity contribution is 5.83. The van der Waals surface area contributed by atoms with Crippen LogP contribution in [-0.2, 0) is 4.79 Å². The molecule has 1 aromatic rings. The first-order valence-electron chi connectivity index (χ1n) is 10.1. The lowest BCUT2D eigenvalue weighted by atomic mass is 10.1. The number of nitrogens with two attached hydrogens (primary N) is 4. The number of hydrogen-bond acceptors (Lipinski definition) is 9. The number of likely N-dealkylation sites (tertiary alicyclic amines) is 1. The number of aliphatic hydroxyl groups is 1. The van der Waals surface area contributed by atoms with Crippen molar-refractivity contribution in [3.63, 3.8) is 0 Å². The highest BCUT2D eigenvalue weighted by Gasteiger charge is 2.39. The summed E-state index contributed by atoms with van der Waals surface area (Å²) in [5.74, 6) is -0.443. The predicted octanol–water partition coefficient (Wildman–Crippen LogP) is -2.35. The Labute approximate surface area is 179 Å². The zero-order valence-electron chi connectivity index (χ0n) is 17.2. The van der Waals surface area contributed by atoms with E-state index in [1.165, 1.54) is 4.90 Å². The molecule has 12 N–H and O–H groups in total. The summed E-state index contributed by atoms with van der Waals surface area (Å²) < 4.78 is 5.29. The van der Waals surface area contributed by atoms with Crippen molar-refractivity contribution in [1.29, 1.82) is 0 Å². The van der Waals surface area contributed by atoms with Crippen LogP contribution in [0.5, 0.6) is 0 Å². The number of nitrogens with one attached hydrogen (secondary N) is 1. The summed E-state index contributed by atoms with van der Waals surface area (Å²) in [5, 5.41) is 23.4. The first-order chi connectivity index (χ1) is 14.7. The molecule has 2 amide bonds. The van der Waals surface area contributed by atoms with E-state index in [1.54, 1.807) is 0 Å². The average molecular weight is 443 g/mol. The second-order valence-electron chi connectivity index (χ2n) is 7.41. The third-order valence-corrected chi connectivity index (χ3v) is 4.92. The predicted molar refractivity (Wildman–Crippen MR) is 110 cm³/mol. The largest absolute Gasteiger partial charge is 0.563 e. The van der Waals surface area contributed by atoms with Gasteiger partial charge in [-0.15, -0.1) is 0 Å². The minimum absolute atomic E-state index is 0.00320. The second-order valence-corrected chi connectivity index (χ2v) is 7.41. The number of aliphatic hydroxyl groups excluding tert-OH is 1. The smallest absolute Gasteiger partial charge is 0.538 e. The molecule has 1 fully saturated rings. The van der Waals surface area contributed by atoms with E-state index in [2.05, 4.69) is 20.4 Å². The Bertz CT molecular complexity index is 765. The maximum atomic E-state index is 12.7. The minimum atomic E-state index is -1.09. The van der Waals surface area contributed by atoms with Gasteiger partial charge >= 0.3 is 12.0 Å². The van der Waals surface area contributed by atoms with Crippen molar-refractivity contribution >= 4 is 18.0 Å². The maximum Gasteiger partial charge on any atom is 0.538 e. The molecule has 1 aliphatic rings. The lowest BCUT2D eigenvalue weighted by Gasteiger charge is -2.23. The number of guanidine groups is 1. The zero-order valence-corrected chi connectivity index (χ0v) is 17.2. The van der Waals surface area contributed by atoms with Gasteiger partial charge in [0, 0.05) is 17.9 Å². The molecule has 31 heavy (non-hydrogen) atoms. The highest BCUT2D eigenvalue weighted by atomic mass is 16.5. The van der Waals surface area contributed by atoms with Gasteiger partial charge in [0.2, 0.25) is 5.89 Å². The van der Waals surface area contributed by atoms with Gasteiger partial charge in [0.1, 0.15) is 12.3 Å². The van der Waals surface area contributed by atoms with Gasteiger partial charge in [0.25, 0.3) is 0 Å². The molecule has 174 valence electrons. The van der Waals surface area contributed by atoms with Gasteiger partial charge in [-0.1, -0.05) is 5.16 Å². The molecular weight excluding hydrogens is 410 g/mol. The Balaban J connectivity index is 2.05. The van der Waals surface area contributed by atoms with Crippen molar-refractivity contribution < 1.29 is 24.3 Å². The van der Waals surface area contributed by atoms with Crippen LogP contribution in [0, 0.1) is 0 Å². The summed E-state index contributed by atoms with van der Waals surface area (Å²) in [6.07, 6.45) is 1.49. The van der Waals surface area contributed by atoms with Crippen molar-refractivity contribution in [3.8, 4) is 0 Å². The number of aromatic nitrogens is 2. The third-order valence-electron chi connectivity index (χ3n) is 4.92. The summed E-state index contributed by atoms with van der Waals surface area (Å²) >= 11 is 0. The van der Waals surface area contributed by atoms with Crippen LogP contribution in [0.15, 0.2) is 9.52 Å². The Kier molecular flexibility index (Phi) is 8.96. The van der Waals surface area contributed by atoms with Crippen LogP contribution in [0.1, 0.15) is 62.3 Å². The minimum Gasteiger partial charge on any atom is -0.563 e. The van der Waals surface area contributed by atoms with Crippen molar-refractivity contribution in [2.45, 2.75) is 62.9 Å². The maximum absolute atomic E-state index is 12.7. The lowest BCUT2D eigenvalue weighted by molar-refractivity contribution is -0.141. The van der Waals surface area contributed by atoms with Crippen LogP contribution in [0.3, 0.4) is 0 Å². The molecule has 4 atom stereocenters. The van der Waals surface area contributed by atoms with Gasteiger partial charge in [-0.2, -0.15) is 4.98 Å². The van der Waals surface area contributed by atoms with Crippen LogP contribution in [-0.4, -0.2) is 68.6 Å². The highest BCUT2D eigenvalue weighted by Crippen LogP contribution is 2.23. The van der Waals surface area contributed by atoms with E-state index >= 15 is 0 Å². The van der Waals surface area contributed by atoms with Gasteiger partial charge in [-0.05, 0) is 38.5 Å². The topological polar surface area (TPSA) is 248 Å². The summed E-state index contributed by atoms with van der Waals surface area (Å²) in [5.41, 5.74) is 22.1. The summed E-state index contributed by atoms with van der Waals surface area (Å²) in [6, 6.07) is -2.58. The van der Waals surface area contributed by atoms with Crippen LogP contribution in [0.2, 0.25) is 0 Å². The van der Waals surface area contributed by atoms with E-state index < -0.39 is 36.4 Å². The Morgan fingerprint density at radius 2 is 2.06 bits per heavy atom. The van der Waals surface area contributed by atoms with Crippen molar-refractivity contribution in [2.24, 2.45) is 27.9 Å². The fourth-order valence-corrected chi connectivity index (χ4v) is 3.30. The van der Waals surface area contributed by atoms with Gasteiger partial charge in [0.05, 0.1) is 6.04 Å². The SMILES string of the molecule is NC(N)=NCCC[C@H](N)c1noc([C@H](CCC(N)O)NC(=O)N2CCCC2C(=O)[OH2+])n1. The van der Waals surface area contributed by atoms with E-state index in [0.29, 0.717) is 38.8 Å². The average Bonchev–Trinajstić information content (AvgIpc) is 3.37. The fourth-order valence-electron chi connectivity index (χ4n) is 3.30. The van der Waals surface area contributed by atoms with Gasteiger partial charge in [0.15, 0.2) is 17.8 Å². The molecule has 0 aromatic carbocycles. The molecule has 2 rings (SSSR count). The normalized spacial score (nSPS) is 18.9. The third kappa shape index (κ3) is 7.34. The Morgan fingerprint density at radius 3 is 2.71 bits per heavy atom. The number of carbonyl (C=O) groups is 2. The van der Waals surface area contributed by atoms with Crippen molar-refractivity contribution in [3.05, 3.63) is 11.7 Å². The fraction of sp³-hybridized carbons (Fsp3) is 0.706. The van der Waals surface area contributed by atoms with Crippen LogP contribution >= 0.6 is 0 Å². The molecule has 2 heterocycles. The van der Waals surface area contributed by atoms with E-state index in [4.69, 9.17) is 32.6 Å². The number of aliphatic imine (C=N–C) groups is 1. The lowest BCUT2D eigenvalue weighted by Crippen LogP contribution is -2.47. The molecule has 2 unspecified atom stereocenters. The molecular formula is C17H32N9O5+. The molecule has 14 heteroatoms. The first kappa shape index (κ1) is 24.3. The Morgan fingerprint density at radius 1 is 1.32 bits per heavy atom. The number of nitrogens with zero attached hydrogens (tertiary/aromatic N) is 4. The molecule has 1 saturated heterocycles. The van der Waals surface area contributed by atoms with Crippen LogP contribution in [0.4, 0.5) is 4.79 Å². The van der Waals surface area contributed by atoms with E-state index in [-0.39, 0.29) is 30.5 Å². The summed E-state index contributed by atoms with van der Waals surface area (Å²) in [4.78, 5) is 33.7. The van der Waals surface area contributed by atoms with Crippen molar-refractivity contribution in [2.75, 3.05) is 13.1 Å². The number of amides is 2. The molecule has 0 radical (unpaired) electrons. The molecule has 0 bridgehead atoms. The number of carbonyl (C=O) groups excluding carboxylic acids is 2. The van der Waals surface area contributed by atoms with Gasteiger partial charge in [-0.25, -0.2) is 4.79 Å². The van der Waals surface area contributed by atoms with E-state index in [0.717, 1.165) is 0 Å². The second kappa shape index (κ2) is 11.4. The molecule has 0 spiro atoms. The molecule has 1 aliphatic heterocycles. The standard InChI is InChI=1S/C17H31N9O5/c18-9(3-1-7-22-16(20)21)13-24-14(31-25-13)10(5-6-12(19)27)23-17(30)26-8-2-4-11(26)15(28)29/h9-12,27H,1-8,18-19H2,(H,23,30)(H,28,29)(H4,20,21,22)/p+1/t9-,10-,11?,12?/m0/s1. The number of hydrogen-bond donors (Lipinski definition) is 6. The zero-order chi connectivity index (χ0) is 23.0. The molecule has 0 aliphatic carbocycles. The van der Waals surface area contributed by atoms with E-state index in [1.807, 2.05) is 0 Å². The number of rotatable bonds is 11. The molecule has 14 nitrogen and oxygen atoms in total. The van der Waals surface area contributed by atoms with E-state index in [9.17, 15) is 14.7 Å². The molecule has 1 aromatic heterocycles. The monoisotopic (exact) mass is 442 g/mol.